The van der Waals surface area contributed by atoms with Gasteiger partial charge in [0.2, 0.25) is 0 Å². The molecule has 0 aliphatic heterocycles. The maximum absolute atomic E-state index is 13.4. The molecule has 7 nitrogen and oxygen atoms in total. The molecule has 0 radical (unpaired) electrons. The van der Waals surface area contributed by atoms with E-state index in [1.807, 2.05) is 60.7 Å². The number of halogens is 1. The minimum Gasteiger partial charge on any atom is -0.447 e. The van der Waals surface area contributed by atoms with Gasteiger partial charge in [-0.15, -0.1) is 5.10 Å². The van der Waals surface area contributed by atoms with E-state index in [1.165, 1.54) is 24.0 Å². The van der Waals surface area contributed by atoms with Crippen molar-refractivity contribution in [2.45, 2.75) is 19.6 Å². The molecule has 3 aromatic carbocycles. The number of aromatic nitrogens is 3. The van der Waals surface area contributed by atoms with Crippen molar-refractivity contribution in [2.75, 3.05) is 7.05 Å². The van der Waals surface area contributed by atoms with Crippen LogP contribution in [0.3, 0.4) is 0 Å². The third-order valence-corrected chi connectivity index (χ3v) is 5.14. The highest BCUT2D eigenvalue weighted by Gasteiger charge is 2.26. The smallest absolute Gasteiger partial charge is 0.379 e. The van der Waals surface area contributed by atoms with Crippen molar-refractivity contribution >= 4 is 11.9 Å². The fourth-order valence-corrected chi connectivity index (χ4v) is 3.48. The molecule has 0 saturated carbocycles. The van der Waals surface area contributed by atoms with Crippen LogP contribution in [0.4, 0.5) is 4.39 Å². The summed E-state index contributed by atoms with van der Waals surface area (Å²) in [5.74, 6) is -1.31. The number of ether oxygens (including phenoxy) is 1. The van der Waals surface area contributed by atoms with E-state index >= 15 is 0 Å². The predicted octanol–water partition coefficient (Wildman–Crippen LogP) is 4.28. The molecule has 0 fully saturated rings. The molecule has 0 bridgehead atoms. The summed E-state index contributed by atoms with van der Waals surface area (Å²) in [6.45, 7) is 1.66. The van der Waals surface area contributed by atoms with Crippen LogP contribution in [-0.2, 0) is 16.1 Å². The van der Waals surface area contributed by atoms with Crippen LogP contribution in [0.2, 0.25) is 0 Å². The van der Waals surface area contributed by atoms with Crippen molar-refractivity contribution in [1.29, 1.82) is 0 Å². The summed E-state index contributed by atoms with van der Waals surface area (Å²) >= 11 is 0. The van der Waals surface area contributed by atoms with Gasteiger partial charge in [-0.25, -0.2) is 18.9 Å². The van der Waals surface area contributed by atoms with Gasteiger partial charge < -0.3 is 9.64 Å². The Kier molecular flexibility index (Phi) is 6.77. The quantitative estimate of drug-likeness (QED) is 0.387. The minimum absolute atomic E-state index is 0.157. The lowest BCUT2D eigenvalue weighted by Gasteiger charge is -2.21. The van der Waals surface area contributed by atoms with Crippen molar-refractivity contribution in [3.63, 3.8) is 0 Å². The Bertz CT molecular complexity index is 1230. The lowest BCUT2D eigenvalue weighted by molar-refractivity contribution is -0.139. The lowest BCUT2D eigenvalue weighted by Crippen LogP contribution is -2.37. The zero-order chi connectivity index (χ0) is 24.1. The molecule has 4 rings (SSSR count). The highest BCUT2D eigenvalue weighted by molar-refractivity contribution is 5.89. The van der Waals surface area contributed by atoms with E-state index in [1.54, 1.807) is 23.9 Å². The Morgan fingerprint density at radius 2 is 1.68 bits per heavy atom. The van der Waals surface area contributed by atoms with E-state index in [-0.39, 0.29) is 18.2 Å². The molecule has 8 heteroatoms. The topological polar surface area (TPSA) is 77.3 Å². The van der Waals surface area contributed by atoms with Crippen molar-refractivity contribution < 1.29 is 18.7 Å². The molecule has 1 atom stereocenters. The van der Waals surface area contributed by atoms with Crippen LogP contribution in [0.1, 0.15) is 23.1 Å². The molecule has 0 saturated heterocycles. The SMILES string of the molecule is CC(OC(=O)c1nc(-c2ccccc2)n(-c2ccccc2)n1)C(=O)N(C)Cc1cccc(F)c1. The number of para-hydroxylation sites is 1. The van der Waals surface area contributed by atoms with E-state index in [9.17, 15) is 14.0 Å². The zero-order valence-electron chi connectivity index (χ0n) is 18.8. The van der Waals surface area contributed by atoms with Crippen LogP contribution in [0.5, 0.6) is 0 Å². The second-order valence-corrected chi connectivity index (χ2v) is 7.74. The Hall–Kier alpha value is -4.33. The van der Waals surface area contributed by atoms with E-state index in [0.717, 1.165) is 11.3 Å². The maximum Gasteiger partial charge on any atom is 0.379 e. The highest BCUT2D eigenvalue weighted by Crippen LogP contribution is 2.21. The van der Waals surface area contributed by atoms with E-state index < -0.39 is 18.0 Å². The summed E-state index contributed by atoms with van der Waals surface area (Å²) in [6, 6.07) is 24.6. The van der Waals surface area contributed by atoms with Crippen molar-refractivity contribution in [1.82, 2.24) is 19.7 Å². The van der Waals surface area contributed by atoms with Crippen molar-refractivity contribution in [2.24, 2.45) is 0 Å². The molecular formula is C26H23FN4O3. The van der Waals surface area contributed by atoms with Gasteiger partial charge in [0, 0.05) is 19.2 Å². The first kappa shape index (κ1) is 22.8. The van der Waals surface area contributed by atoms with Crippen molar-refractivity contribution in [3.8, 4) is 17.1 Å². The minimum atomic E-state index is -1.07. The molecule has 0 N–H and O–H groups in total. The molecule has 1 aromatic heterocycles. The molecule has 0 aliphatic rings. The van der Waals surface area contributed by atoms with Crippen LogP contribution in [0.15, 0.2) is 84.9 Å². The zero-order valence-corrected chi connectivity index (χ0v) is 18.8. The average Bonchev–Trinajstić information content (AvgIpc) is 3.30. The molecule has 172 valence electrons. The Labute approximate surface area is 196 Å². The third kappa shape index (κ3) is 5.17. The maximum atomic E-state index is 13.4. The van der Waals surface area contributed by atoms with Gasteiger partial charge >= 0.3 is 5.97 Å². The predicted molar refractivity (Wildman–Crippen MR) is 125 cm³/mol. The van der Waals surface area contributed by atoms with E-state index in [2.05, 4.69) is 10.1 Å². The number of hydrogen-bond donors (Lipinski definition) is 0. The van der Waals surface area contributed by atoms with Gasteiger partial charge in [-0.05, 0) is 36.8 Å². The first-order valence-electron chi connectivity index (χ1n) is 10.7. The van der Waals surface area contributed by atoms with Crippen molar-refractivity contribution in [3.05, 3.63) is 102 Å². The summed E-state index contributed by atoms with van der Waals surface area (Å²) in [7, 11) is 1.56. The summed E-state index contributed by atoms with van der Waals surface area (Å²) in [5.41, 5.74) is 2.13. The number of carbonyl (C=O) groups excluding carboxylic acids is 2. The summed E-state index contributed by atoms with van der Waals surface area (Å²) in [5, 5.41) is 4.36. The highest BCUT2D eigenvalue weighted by atomic mass is 19.1. The first-order valence-corrected chi connectivity index (χ1v) is 10.7. The van der Waals surface area contributed by atoms with Gasteiger partial charge in [0.25, 0.3) is 11.7 Å². The third-order valence-electron chi connectivity index (χ3n) is 5.14. The van der Waals surface area contributed by atoms with Gasteiger partial charge in [0.15, 0.2) is 11.9 Å². The first-order chi connectivity index (χ1) is 16.4. The van der Waals surface area contributed by atoms with Gasteiger partial charge in [-0.3, -0.25) is 4.79 Å². The Morgan fingerprint density at radius 1 is 1.00 bits per heavy atom. The second-order valence-electron chi connectivity index (χ2n) is 7.74. The molecule has 1 heterocycles. The van der Waals surface area contributed by atoms with Gasteiger partial charge in [-0.2, -0.15) is 0 Å². The van der Waals surface area contributed by atoms with Gasteiger partial charge in [0.1, 0.15) is 5.82 Å². The number of nitrogens with zero attached hydrogens (tertiary/aromatic N) is 4. The molecule has 1 amide bonds. The summed E-state index contributed by atoms with van der Waals surface area (Å²) in [6.07, 6.45) is -1.07. The van der Waals surface area contributed by atoms with Gasteiger partial charge in [-0.1, -0.05) is 60.7 Å². The number of hydrogen-bond acceptors (Lipinski definition) is 5. The molecular weight excluding hydrogens is 435 g/mol. The van der Waals surface area contributed by atoms with Crippen LogP contribution >= 0.6 is 0 Å². The number of carbonyl (C=O) groups is 2. The van der Waals surface area contributed by atoms with E-state index in [0.29, 0.717) is 11.4 Å². The number of esters is 1. The number of likely N-dealkylation sites (N-methyl/N-ethyl adjacent to an activating group) is 1. The average molecular weight is 458 g/mol. The molecule has 0 aliphatic carbocycles. The standard InChI is InChI=1S/C26H23FN4O3/c1-18(25(32)30(2)17-19-10-9-13-21(27)16-19)34-26(33)23-28-24(20-11-5-3-6-12-20)31(29-23)22-14-7-4-8-15-22/h3-16,18H,17H2,1-2H3. The number of rotatable bonds is 7. The largest absolute Gasteiger partial charge is 0.447 e. The Balaban J connectivity index is 1.52. The normalized spacial score (nSPS) is 11.6. The fourth-order valence-electron chi connectivity index (χ4n) is 3.48. The fraction of sp³-hybridized carbons (Fsp3) is 0.154. The summed E-state index contributed by atoms with van der Waals surface area (Å²) in [4.78, 5) is 31.3. The van der Waals surface area contributed by atoms with Crippen LogP contribution < -0.4 is 0 Å². The number of amides is 1. The van der Waals surface area contributed by atoms with E-state index in [4.69, 9.17) is 4.74 Å². The van der Waals surface area contributed by atoms with Crippen LogP contribution in [0.25, 0.3) is 17.1 Å². The molecule has 0 spiro atoms. The second kappa shape index (κ2) is 10.1. The monoisotopic (exact) mass is 458 g/mol. The van der Waals surface area contributed by atoms with Gasteiger partial charge in [0.05, 0.1) is 5.69 Å². The molecule has 34 heavy (non-hydrogen) atoms. The molecule has 1 unspecified atom stereocenters. The summed E-state index contributed by atoms with van der Waals surface area (Å²) < 4.78 is 20.4. The lowest BCUT2D eigenvalue weighted by atomic mass is 10.2. The Morgan fingerprint density at radius 3 is 2.35 bits per heavy atom. The van der Waals surface area contributed by atoms with Crippen LogP contribution in [-0.4, -0.2) is 44.7 Å². The van der Waals surface area contributed by atoms with Crippen LogP contribution in [0, 0.1) is 5.82 Å². The number of benzene rings is 3. The molecule has 4 aromatic rings.